The predicted octanol–water partition coefficient (Wildman–Crippen LogP) is 2.64. The minimum absolute atomic E-state index is 0.00718. The van der Waals surface area contributed by atoms with E-state index in [2.05, 4.69) is 6.92 Å². The minimum atomic E-state index is -0.537. The van der Waals surface area contributed by atoms with Gasteiger partial charge in [0.2, 0.25) is 5.91 Å². The standard InChI is InChI=1S/C15H28N2O3/c1-12-9-7-6-8-10-17(12)13(18)11-16(5)14(19)20-15(2,3)4/h12H,6-11H2,1-5H3. The number of hydrogen-bond acceptors (Lipinski definition) is 3. The summed E-state index contributed by atoms with van der Waals surface area (Å²) in [5.41, 5.74) is -0.537. The third-order valence-corrected chi connectivity index (χ3v) is 3.45. The van der Waals surface area contributed by atoms with Gasteiger partial charge in [-0.2, -0.15) is 0 Å². The van der Waals surface area contributed by atoms with Crippen LogP contribution in [-0.2, 0) is 9.53 Å². The van der Waals surface area contributed by atoms with E-state index in [4.69, 9.17) is 4.74 Å². The number of likely N-dealkylation sites (tertiary alicyclic amines) is 1. The van der Waals surface area contributed by atoms with Gasteiger partial charge in [0.15, 0.2) is 0 Å². The number of ether oxygens (including phenoxy) is 1. The van der Waals surface area contributed by atoms with E-state index in [-0.39, 0.29) is 18.5 Å². The highest BCUT2D eigenvalue weighted by molar-refractivity contribution is 5.82. The van der Waals surface area contributed by atoms with E-state index in [1.807, 2.05) is 25.7 Å². The summed E-state index contributed by atoms with van der Waals surface area (Å²) in [6, 6.07) is 0.261. The zero-order valence-electron chi connectivity index (χ0n) is 13.4. The molecular formula is C15H28N2O3. The molecule has 1 rings (SSSR count). The van der Waals surface area contributed by atoms with Crippen LogP contribution in [0.3, 0.4) is 0 Å². The molecule has 116 valence electrons. The average Bonchev–Trinajstić information content (AvgIpc) is 2.51. The van der Waals surface area contributed by atoms with Gasteiger partial charge in [-0.3, -0.25) is 4.79 Å². The van der Waals surface area contributed by atoms with Crippen LogP contribution >= 0.6 is 0 Å². The van der Waals surface area contributed by atoms with Crippen molar-refractivity contribution in [3.63, 3.8) is 0 Å². The molecule has 1 atom stereocenters. The second kappa shape index (κ2) is 6.95. The Kier molecular flexibility index (Phi) is 5.84. The second-order valence-electron chi connectivity index (χ2n) is 6.62. The number of nitrogens with zero attached hydrogens (tertiary/aromatic N) is 2. The lowest BCUT2D eigenvalue weighted by Crippen LogP contribution is -2.46. The van der Waals surface area contributed by atoms with Crippen molar-refractivity contribution in [3.8, 4) is 0 Å². The van der Waals surface area contributed by atoms with Crippen LogP contribution < -0.4 is 0 Å². The molecule has 1 saturated heterocycles. The van der Waals surface area contributed by atoms with Crippen molar-refractivity contribution in [1.29, 1.82) is 0 Å². The Balaban J connectivity index is 2.53. The van der Waals surface area contributed by atoms with Crippen molar-refractivity contribution in [3.05, 3.63) is 0 Å². The average molecular weight is 284 g/mol. The van der Waals surface area contributed by atoms with Gasteiger partial charge in [0.05, 0.1) is 0 Å². The fourth-order valence-electron chi connectivity index (χ4n) is 2.34. The second-order valence-corrected chi connectivity index (χ2v) is 6.62. The summed E-state index contributed by atoms with van der Waals surface area (Å²) in [6.07, 6.45) is 3.99. The minimum Gasteiger partial charge on any atom is -0.444 e. The molecule has 2 amide bonds. The number of carbonyl (C=O) groups is 2. The van der Waals surface area contributed by atoms with Gasteiger partial charge in [-0.25, -0.2) is 4.79 Å². The highest BCUT2D eigenvalue weighted by Crippen LogP contribution is 2.17. The fourth-order valence-corrected chi connectivity index (χ4v) is 2.34. The van der Waals surface area contributed by atoms with Crippen LogP contribution in [0.15, 0.2) is 0 Å². The van der Waals surface area contributed by atoms with Gasteiger partial charge in [0.25, 0.3) is 0 Å². The van der Waals surface area contributed by atoms with E-state index in [0.29, 0.717) is 0 Å². The Labute approximate surface area is 122 Å². The first-order chi connectivity index (χ1) is 9.20. The number of hydrogen-bond donors (Lipinski definition) is 0. The highest BCUT2D eigenvalue weighted by atomic mass is 16.6. The smallest absolute Gasteiger partial charge is 0.410 e. The maximum atomic E-state index is 12.3. The van der Waals surface area contributed by atoms with Gasteiger partial charge in [-0.1, -0.05) is 12.8 Å². The van der Waals surface area contributed by atoms with E-state index in [1.165, 1.54) is 17.7 Å². The Bertz CT molecular complexity index is 350. The largest absolute Gasteiger partial charge is 0.444 e. The topological polar surface area (TPSA) is 49.9 Å². The highest BCUT2D eigenvalue weighted by Gasteiger charge is 2.26. The van der Waals surface area contributed by atoms with Crippen LogP contribution in [0.1, 0.15) is 53.4 Å². The number of carbonyl (C=O) groups excluding carboxylic acids is 2. The van der Waals surface area contributed by atoms with Crippen molar-refractivity contribution in [2.24, 2.45) is 0 Å². The summed E-state index contributed by atoms with van der Waals surface area (Å²) in [5.74, 6) is 0.00718. The third kappa shape index (κ3) is 5.39. The molecule has 1 unspecified atom stereocenters. The van der Waals surface area contributed by atoms with Gasteiger partial charge in [0.1, 0.15) is 12.1 Å². The first kappa shape index (κ1) is 16.8. The van der Waals surface area contributed by atoms with Crippen LogP contribution in [0.4, 0.5) is 4.79 Å². The molecule has 0 N–H and O–H groups in total. The summed E-state index contributed by atoms with van der Waals surface area (Å²) in [5, 5.41) is 0. The van der Waals surface area contributed by atoms with Gasteiger partial charge in [-0.05, 0) is 40.5 Å². The zero-order chi connectivity index (χ0) is 15.3. The molecule has 0 aliphatic carbocycles. The number of amides is 2. The zero-order valence-corrected chi connectivity index (χ0v) is 13.4. The van der Waals surface area contributed by atoms with Crippen LogP contribution in [0.2, 0.25) is 0 Å². The fraction of sp³-hybridized carbons (Fsp3) is 0.867. The molecular weight excluding hydrogens is 256 g/mol. The molecule has 0 aromatic heterocycles. The Hall–Kier alpha value is -1.26. The quantitative estimate of drug-likeness (QED) is 0.783. The van der Waals surface area contributed by atoms with E-state index in [1.54, 1.807) is 7.05 Å². The predicted molar refractivity (Wildman–Crippen MR) is 78.5 cm³/mol. The van der Waals surface area contributed by atoms with Crippen molar-refractivity contribution < 1.29 is 14.3 Å². The summed E-state index contributed by atoms with van der Waals surface area (Å²) >= 11 is 0. The Morgan fingerprint density at radius 2 is 1.90 bits per heavy atom. The first-order valence-corrected chi connectivity index (χ1v) is 7.44. The summed E-state index contributed by atoms with van der Waals surface area (Å²) in [6.45, 7) is 8.41. The number of likely N-dealkylation sites (N-methyl/N-ethyl adjacent to an activating group) is 1. The van der Waals surface area contributed by atoms with Gasteiger partial charge < -0.3 is 14.5 Å². The molecule has 1 heterocycles. The molecule has 1 aliphatic heterocycles. The summed E-state index contributed by atoms with van der Waals surface area (Å²) in [7, 11) is 1.61. The maximum Gasteiger partial charge on any atom is 0.410 e. The molecule has 5 heteroatoms. The van der Waals surface area contributed by atoms with E-state index >= 15 is 0 Å². The summed E-state index contributed by atoms with van der Waals surface area (Å²) < 4.78 is 5.26. The molecule has 1 fully saturated rings. The molecule has 0 spiro atoms. The van der Waals surface area contributed by atoms with Crippen LogP contribution in [-0.4, -0.2) is 53.6 Å². The van der Waals surface area contributed by atoms with Crippen molar-refractivity contribution in [2.45, 2.75) is 65.0 Å². The normalized spacial score (nSPS) is 20.2. The van der Waals surface area contributed by atoms with Gasteiger partial charge in [-0.15, -0.1) is 0 Å². The lowest BCUT2D eigenvalue weighted by Gasteiger charge is -2.30. The first-order valence-electron chi connectivity index (χ1n) is 7.44. The lowest BCUT2D eigenvalue weighted by atomic mass is 10.1. The van der Waals surface area contributed by atoms with Gasteiger partial charge >= 0.3 is 6.09 Å². The van der Waals surface area contributed by atoms with Crippen LogP contribution in [0, 0.1) is 0 Å². The number of rotatable bonds is 2. The van der Waals surface area contributed by atoms with Gasteiger partial charge in [0, 0.05) is 19.6 Å². The molecule has 0 bridgehead atoms. The maximum absolute atomic E-state index is 12.3. The van der Waals surface area contributed by atoms with Crippen molar-refractivity contribution in [1.82, 2.24) is 9.80 Å². The molecule has 0 radical (unpaired) electrons. The Morgan fingerprint density at radius 3 is 2.50 bits per heavy atom. The van der Waals surface area contributed by atoms with E-state index in [9.17, 15) is 9.59 Å². The summed E-state index contributed by atoms with van der Waals surface area (Å²) in [4.78, 5) is 27.4. The van der Waals surface area contributed by atoms with E-state index < -0.39 is 11.7 Å². The molecule has 0 aromatic rings. The molecule has 0 aromatic carbocycles. The molecule has 20 heavy (non-hydrogen) atoms. The molecule has 1 aliphatic rings. The van der Waals surface area contributed by atoms with Crippen LogP contribution in [0.25, 0.3) is 0 Å². The van der Waals surface area contributed by atoms with Crippen LogP contribution in [0.5, 0.6) is 0 Å². The third-order valence-electron chi connectivity index (χ3n) is 3.45. The molecule has 0 saturated carbocycles. The SMILES string of the molecule is CC1CCCCCN1C(=O)CN(C)C(=O)OC(C)(C)C. The van der Waals surface area contributed by atoms with Crippen molar-refractivity contribution in [2.75, 3.05) is 20.1 Å². The van der Waals surface area contributed by atoms with Crippen molar-refractivity contribution >= 4 is 12.0 Å². The monoisotopic (exact) mass is 284 g/mol. The molecule has 5 nitrogen and oxygen atoms in total. The van der Waals surface area contributed by atoms with E-state index in [0.717, 1.165) is 19.4 Å². The lowest BCUT2D eigenvalue weighted by molar-refractivity contribution is -0.134. The Morgan fingerprint density at radius 1 is 1.25 bits per heavy atom.